The van der Waals surface area contributed by atoms with Gasteiger partial charge < -0.3 is 9.84 Å². The van der Waals surface area contributed by atoms with Gasteiger partial charge in [-0.3, -0.25) is 9.59 Å². The summed E-state index contributed by atoms with van der Waals surface area (Å²) in [5, 5.41) is 26.1. The molecule has 0 saturated carbocycles. The van der Waals surface area contributed by atoms with Gasteiger partial charge in [0.25, 0.3) is 0 Å². The smallest absolute Gasteiger partial charge is 0.143 e. The van der Waals surface area contributed by atoms with Gasteiger partial charge in [-0.1, -0.05) is 40.2 Å². The fraction of sp³-hybridized carbons (Fsp3) is 0.308. The highest BCUT2D eigenvalue weighted by Gasteiger charge is 2.25. The van der Waals surface area contributed by atoms with Crippen LogP contribution in [0.2, 0.25) is 5.02 Å². The van der Waals surface area contributed by atoms with Crippen LogP contribution in [0.15, 0.2) is 36.4 Å². The molecular weight excluding hydrogens is 496 g/mol. The Balaban J connectivity index is 0.000000152. The van der Waals surface area contributed by atoms with E-state index in [1.807, 2.05) is 37.3 Å². The fourth-order valence-electron chi connectivity index (χ4n) is 4.61. The molecule has 10 nitrogen and oxygen atoms in total. The van der Waals surface area contributed by atoms with Crippen LogP contribution in [0.3, 0.4) is 0 Å². The molecule has 0 bridgehead atoms. The van der Waals surface area contributed by atoms with Crippen LogP contribution in [0.25, 0.3) is 11.4 Å². The number of Topliss-reactive ketones (excluding diaryl/α,β-unsaturated/α-hetero) is 2. The summed E-state index contributed by atoms with van der Waals surface area (Å²) in [6, 6.07) is 11.4. The summed E-state index contributed by atoms with van der Waals surface area (Å²) in [5.74, 6) is 0.262. The van der Waals surface area contributed by atoms with E-state index in [1.54, 1.807) is 22.5 Å². The van der Waals surface area contributed by atoms with E-state index in [9.17, 15) is 14.7 Å². The number of aromatic nitrogens is 6. The van der Waals surface area contributed by atoms with Crippen molar-refractivity contribution in [3.8, 4) is 11.4 Å². The number of benzene rings is 2. The Bertz CT molecular complexity index is 1510. The molecule has 0 saturated heterocycles. The number of aliphatic hydroxyl groups excluding tert-OH is 1. The lowest BCUT2D eigenvalue weighted by Crippen LogP contribution is -2.07. The monoisotopic (exact) mass is 520 g/mol. The number of halogens is 1. The number of carbonyl (C=O) groups is 2. The highest BCUT2D eigenvalue weighted by atomic mass is 35.5. The standard InChI is InChI=1S/C13H12ClN3O2.C13H13N3O2/c1-19-7-11-13-6-10(18)4-8-2-3-9(14)5-12(8)17(13)16-15-11;1-8-2-3-9-5-10(18)6-13-11(7-17)14-15-16(13)12(9)4-8/h2-3,5H,4,6-7H2,1H3;2-4,17H,5-7H2,1H3. The quantitative estimate of drug-likeness (QED) is 0.437. The summed E-state index contributed by atoms with van der Waals surface area (Å²) in [7, 11) is 1.59. The van der Waals surface area contributed by atoms with Gasteiger partial charge in [0.15, 0.2) is 0 Å². The SMILES string of the molecule is COCc1nnn2c1CC(=O)Cc1ccc(Cl)cc1-2.Cc1ccc2c(c1)-n1nnc(CO)c1CC(=O)C2. The molecule has 0 atom stereocenters. The van der Waals surface area contributed by atoms with Crippen molar-refractivity contribution in [2.24, 2.45) is 0 Å². The number of aliphatic hydroxyl groups is 1. The van der Waals surface area contributed by atoms with Crippen molar-refractivity contribution in [1.82, 2.24) is 30.0 Å². The van der Waals surface area contributed by atoms with Crippen LogP contribution in [0.5, 0.6) is 0 Å². The molecule has 1 N–H and O–H groups in total. The van der Waals surface area contributed by atoms with Crippen LogP contribution in [0.4, 0.5) is 0 Å². The third kappa shape index (κ3) is 4.95. The largest absolute Gasteiger partial charge is 0.390 e. The van der Waals surface area contributed by atoms with E-state index in [0.29, 0.717) is 48.0 Å². The van der Waals surface area contributed by atoms with E-state index in [1.165, 1.54) is 0 Å². The van der Waals surface area contributed by atoms with Crippen LogP contribution in [0, 0.1) is 6.92 Å². The molecule has 11 heteroatoms. The van der Waals surface area contributed by atoms with E-state index in [-0.39, 0.29) is 24.6 Å². The van der Waals surface area contributed by atoms with E-state index in [0.717, 1.165) is 33.8 Å². The second-order valence-electron chi connectivity index (χ2n) is 9.07. The molecule has 2 aliphatic heterocycles. The van der Waals surface area contributed by atoms with Crippen molar-refractivity contribution in [2.45, 2.75) is 45.8 Å². The number of ketones is 2. The molecular formula is C26H25ClN6O4. The van der Waals surface area contributed by atoms with Crippen molar-refractivity contribution in [1.29, 1.82) is 0 Å². The number of hydrogen-bond acceptors (Lipinski definition) is 8. The number of ether oxygens (including phenoxy) is 1. The first-order chi connectivity index (χ1) is 17.9. The van der Waals surface area contributed by atoms with E-state index >= 15 is 0 Å². The molecule has 0 aliphatic carbocycles. The normalized spacial score (nSPS) is 13.9. The third-order valence-electron chi connectivity index (χ3n) is 6.37. The predicted molar refractivity (Wildman–Crippen MR) is 134 cm³/mol. The Morgan fingerprint density at radius 3 is 2.05 bits per heavy atom. The van der Waals surface area contributed by atoms with Gasteiger partial charge in [-0.05, 0) is 41.8 Å². The average Bonchev–Trinajstić information content (AvgIpc) is 3.37. The minimum Gasteiger partial charge on any atom is -0.390 e. The number of rotatable bonds is 3. The van der Waals surface area contributed by atoms with E-state index < -0.39 is 0 Å². The van der Waals surface area contributed by atoms with Crippen LogP contribution in [-0.2, 0) is 53.2 Å². The fourth-order valence-corrected chi connectivity index (χ4v) is 4.77. The highest BCUT2D eigenvalue weighted by Crippen LogP contribution is 2.26. The molecule has 2 aliphatic rings. The molecule has 4 aromatic rings. The van der Waals surface area contributed by atoms with Crippen LogP contribution in [0.1, 0.15) is 39.5 Å². The van der Waals surface area contributed by atoms with Crippen molar-refractivity contribution >= 4 is 23.2 Å². The Kier molecular flexibility index (Phi) is 6.96. The zero-order valence-electron chi connectivity index (χ0n) is 20.4. The lowest BCUT2D eigenvalue weighted by Gasteiger charge is -2.07. The zero-order valence-corrected chi connectivity index (χ0v) is 21.2. The first kappa shape index (κ1) is 24.9. The second-order valence-corrected chi connectivity index (χ2v) is 9.51. The molecule has 4 heterocycles. The molecule has 2 aromatic heterocycles. The van der Waals surface area contributed by atoms with Gasteiger partial charge in [0.2, 0.25) is 0 Å². The Labute approximate surface area is 217 Å². The van der Waals surface area contributed by atoms with Gasteiger partial charge >= 0.3 is 0 Å². The Hall–Kier alpha value is -3.73. The maximum absolute atomic E-state index is 12.0. The topological polar surface area (TPSA) is 125 Å². The lowest BCUT2D eigenvalue weighted by atomic mass is 10.0. The first-order valence-electron chi connectivity index (χ1n) is 11.8. The molecule has 190 valence electrons. The van der Waals surface area contributed by atoms with E-state index in [2.05, 4.69) is 20.6 Å². The number of carbonyl (C=O) groups excluding carboxylic acids is 2. The molecule has 37 heavy (non-hydrogen) atoms. The second kappa shape index (κ2) is 10.3. The number of aryl methyl sites for hydroxylation is 1. The summed E-state index contributed by atoms with van der Waals surface area (Å²) in [6.45, 7) is 2.15. The minimum absolute atomic E-state index is 0.121. The molecule has 0 unspecified atom stereocenters. The van der Waals surface area contributed by atoms with Crippen LogP contribution < -0.4 is 0 Å². The Morgan fingerprint density at radius 1 is 0.865 bits per heavy atom. The van der Waals surface area contributed by atoms with Gasteiger partial charge in [0, 0.05) is 25.0 Å². The summed E-state index contributed by atoms with van der Waals surface area (Å²) in [5.41, 5.74) is 7.36. The lowest BCUT2D eigenvalue weighted by molar-refractivity contribution is -0.118. The van der Waals surface area contributed by atoms with Crippen molar-refractivity contribution in [2.75, 3.05) is 7.11 Å². The molecule has 2 aromatic carbocycles. The maximum Gasteiger partial charge on any atom is 0.143 e. The zero-order chi connectivity index (χ0) is 26.1. The van der Waals surface area contributed by atoms with Crippen LogP contribution in [-0.4, -0.2) is 53.8 Å². The summed E-state index contributed by atoms with van der Waals surface area (Å²) in [4.78, 5) is 23.9. The van der Waals surface area contributed by atoms with Gasteiger partial charge in [-0.2, -0.15) is 0 Å². The summed E-state index contributed by atoms with van der Waals surface area (Å²) >= 11 is 6.03. The number of nitrogens with zero attached hydrogens (tertiary/aromatic N) is 6. The van der Waals surface area contributed by atoms with Gasteiger partial charge in [0.05, 0.1) is 48.8 Å². The van der Waals surface area contributed by atoms with Crippen molar-refractivity contribution in [3.63, 3.8) is 0 Å². The summed E-state index contributed by atoms with van der Waals surface area (Å²) < 4.78 is 8.46. The predicted octanol–water partition coefficient (Wildman–Crippen LogP) is 2.47. The number of methoxy groups -OCH3 is 1. The Morgan fingerprint density at radius 2 is 1.43 bits per heavy atom. The average molecular weight is 521 g/mol. The van der Waals surface area contributed by atoms with Gasteiger partial charge in [-0.15, -0.1) is 10.2 Å². The highest BCUT2D eigenvalue weighted by molar-refractivity contribution is 6.30. The third-order valence-corrected chi connectivity index (χ3v) is 6.60. The van der Waals surface area contributed by atoms with Crippen molar-refractivity contribution in [3.05, 3.63) is 80.9 Å². The minimum atomic E-state index is -0.191. The molecule has 0 radical (unpaired) electrons. The maximum atomic E-state index is 12.0. The molecule has 6 rings (SSSR count). The summed E-state index contributed by atoms with van der Waals surface area (Å²) in [6.07, 6.45) is 1.39. The first-order valence-corrected chi connectivity index (χ1v) is 12.1. The van der Waals surface area contributed by atoms with Gasteiger partial charge in [-0.25, -0.2) is 9.36 Å². The molecule has 0 fully saturated rings. The number of fused-ring (bicyclic) bond motifs is 6. The van der Waals surface area contributed by atoms with Crippen molar-refractivity contribution < 1.29 is 19.4 Å². The van der Waals surface area contributed by atoms with Gasteiger partial charge in [0.1, 0.15) is 23.0 Å². The van der Waals surface area contributed by atoms with Crippen LogP contribution >= 0.6 is 11.6 Å². The molecule has 0 spiro atoms. The molecule has 0 amide bonds. The number of hydrogen-bond donors (Lipinski definition) is 1. The van der Waals surface area contributed by atoms with E-state index in [4.69, 9.17) is 16.3 Å².